The van der Waals surface area contributed by atoms with Gasteiger partial charge in [-0.15, -0.1) is 0 Å². The van der Waals surface area contributed by atoms with Crippen LogP contribution in [0.3, 0.4) is 0 Å². The van der Waals surface area contributed by atoms with Crippen LogP contribution >= 0.6 is 0 Å². The Morgan fingerprint density at radius 3 is 2.46 bits per heavy atom. The Balaban J connectivity index is 1.01. The Morgan fingerprint density at radius 1 is 0.974 bits per heavy atom. The lowest BCUT2D eigenvalue weighted by Crippen LogP contribution is -2.50. The largest absolute Gasteiger partial charge is 0.464 e. The second kappa shape index (κ2) is 10.8. The topological polar surface area (TPSA) is 98.7 Å². The van der Waals surface area contributed by atoms with E-state index in [9.17, 15) is 9.59 Å². The number of amides is 1. The van der Waals surface area contributed by atoms with E-state index in [2.05, 4.69) is 22.0 Å². The molecule has 39 heavy (non-hydrogen) atoms. The summed E-state index contributed by atoms with van der Waals surface area (Å²) in [6, 6.07) is 17.4. The quantitative estimate of drug-likeness (QED) is 0.305. The number of hydrogen-bond donors (Lipinski definition) is 1. The molecule has 7 heteroatoms. The molecule has 1 saturated heterocycles. The second-order valence-electron chi connectivity index (χ2n) is 11.2. The molecule has 0 bridgehead atoms. The maximum atomic E-state index is 13.2. The number of nitrogens with two attached hydrogens (primary N) is 1. The molecule has 0 spiro atoms. The molecule has 2 aromatic heterocycles. The lowest BCUT2D eigenvalue weighted by Gasteiger charge is -2.38. The van der Waals surface area contributed by atoms with Gasteiger partial charge in [0.25, 0.3) is 5.91 Å². The number of benzene rings is 2. The smallest absolute Gasteiger partial charge is 0.339 e. The predicted octanol–water partition coefficient (Wildman–Crippen LogP) is 5.82. The SMILES string of the molecule is NC(=O)C1(OC(=O)c2ccnc3ccccc23)CCC(CCN2CCC(c3coc4ccccc34)CC2)CC1. The Morgan fingerprint density at radius 2 is 1.69 bits per heavy atom. The van der Waals surface area contributed by atoms with E-state index < -0.39 is 17.5 Å². The number of aromatic nitrogens is 1. The number of ether oxygens (including phenoxy) is 1. The van der Waals surface area contributed by atoms with Crippen molar-refractivity contribution in [3.05, 3.63) is 78.2 Å². The van der Waals surface area contributed by atoms with Crippen molar-refractivity contribution in [3.8, 4) is 0 Å². The van der Waals surface area contributed by atoms with Crippen molar-refractivity contribution in [2.75, 3.05) is 19.6 Å². The van der Waals surface area contributed by atoms with Crippen molar-refractivity contribution < 1.29 is 18.7 Å². The van der Waals surface area contributed by atoms with E-state index in [0.717, 1.165) is 57.3 Å². The van der Waals surface area contributed by atoms with Crippen LogP contribution in [-0.4, -0.2) is 47.0 Å². The van der Waals surface area contributed by atoms with Gasteiger partial charge in [-0.1, -0.05) is 36.4 Å². The first-order valence-corrected chi connectivity index (χ1v) is 14.1. The summed E-state index contributed by atoms with van der Waals surface area (Å²) in [4.78, 5) is 32.6. The monoisotopic (exact) mass is 525 g/mol. The molecule has 1 saturated carbocycles. The van der Waals surface area contributed by atoms with Crippen LogP contribution in [0, 0.1) is 5.92 Å². The molecule has 1 amide bonds. The number of piperidine rings is 1. The van der Waals surface area contributed by atoms with Gasteiger partial charge in [-0.3, -0.25) is 9.78 Å². The summed E-state index contributed by atoms with van der Waals surface area (Å²) in [6.45, 7) is 3.22. The van der Waals surface area contributed by atoms with Crippen molar-refractivity contribution in [3.63, 3.8) is 0 Å². The van der Waals surface area contributed by atoms with E-state index in [0.29, 0.717) is 41.1 Å². The first-order valence-electron chi connectivity index (χ1n) is 14.1. The highest BCUT2D eigenvalue weighted by Gasteiger charge is 2.44. The highest BCUT2D eigenvalue weighted by Crippen LogP contribution is 2.38. The summed E-state index contributed by atoms with van der Waals surface area (Å²) in [5.74, 6) is -0.0305. The molecule has 2 aromatic carbocycles. The zero-order chi connectivity index (χ0) is 26.8. The van der Waals surface area contributed by atoms with Crippen LogP contribution in [0.2, 0.25) is 0 Å². The van der Waals surface area contributed by atoms with Crippen molar-refractivity contribution in [1.82, 2.24) is 9.88 Å². The number of hydrogen-bond acceptors (Lipinski definition) is 6. The third kappa shape index (κ3) is 5.15. The molecule has 1 aliphatic carbocycles. The Labute approximate surface area is 228 Å². The number of pyridine rings is 1. The van der Waals surface area contributed by atoms with Gasteiger partial charge in [-0.25, -0.2) is 4.79 Å². The fourth-order valence-corrected chi connectivity index (χ4v) is 6.48. The molecule has 7 nitrogen and oxygen atoms in total. The van der Waals surface area contributed by atoms with E-state index >= 15 is 0 Å². The number of likely N-dealkylation sites (tertiary alicyclic amines) is 1. The molecular formula is C32H35N3O4. The van der Waals surface area contributed by atoms with Crippen LogP contribution in [0.15, 0.2) is 71.5 Å². The number of rotatable bonds is 7. The maximum Gasteiger partial charge on any atom is 0.339 e. The lowest BCUT2D eigenvalue weighted by molar-refractivity contribution is -0.142. The summed E-state index contributed by atoms with van der Waals surface area (Å²) in [5, 5.41) is 1.96. The van der Waals surface area contributed by atoms with Crippen LogP contribution in [0.25, 0.3) is 21.9 Å². The van der Waals surface area contributed by atoms with Crippen molar-refractivity contribution >= 4 is 33.7 Å². The molecule has 202 valence electrons. The number of carbonyl (C=O) groups excluding carboxylic acids is 2. The fraction of sp³-hybridized carbons (Fsp3) is 0.406. The van der Waals surface area contributed by atoms with Gasteiger partial charge in [-0.05, 0) is 94.6 Å². The first-order chi connectivity index (χ1) is 19.0. The molecule has 6 rings (SSSR count). The first kappa shape index (κ1) is 25.6. The third-order valence-electron chi connectivity index (χ3n) is 8.91. The van der Waals surface area contributed by atoms with E-state index in [-0.39, 0.29) is 0 Å². The zero-order valence-corrected chi connectivity index (χ0v) is 22.2. The highest BCUT2D eigenvalue weighted by atomic mass is 16.6. The van der Waals surface area contributed by atoms with Crippen LogP contribution in [0.1, 0.15) is 66.8 Å². The lowest BCUT2D eigenvalue weighted by atomic mass is 9.76. The van der Waals surface area contributed by atoms with E-state index in [4.69, 9.17) is 14.9 Å². The summed E-state index contributed by atoms with van der Waals surface area (Å²) in [6.07, 6.45) is 9.48. The van der Waals surface area contributed by atoms with Gasteiger partial charge in [-0.2, -0.15) is 0 Å². The van der Waals surface area contributed by atoms with Gasteiger partial charge in [0, 0.05) is 22.5 Å². The van der Waals surface area contributed by atoms with Gasteiger partial charge in [0.05, 0.1) is 17.3 Å². The molecular weight excluding hydrogens is 490 g/mol. The molecule has 2 fully saturated rings. The fourth-order valence-electron chi connectivity index (χ4n) is 6.48. The van der Waals surface area contributed by atoms with E-state index in [1.54, 1.807) is 12.3 Å². The van der Waals surface area contributed by atoms with Crippen LogP contribution in [-0.2, 0) is 9.53 Å². The third-order valence-corrected chi connectivity index (χ3v) is 8.91. The minimum absolute atomic E-state index is 0.412. The summed E-state index contributed by atoms with van der Waals surface area (Å²) in [7, 11) is 0. The Hall–Kier alpha value is -3.71. The van der Waals surface area contributed by atoms with E-state index in [1.807, 2.05) is 42.7 Å². The van der Waals surface area contributed by atoms with Gasteiger partial charge in [0.1, 0.15) is 5.58 Å². The minimum Gasteiger partial charge on any atom is -0.464 e. The number of esters is 1. The average Bonchev–Trinajstić information content (AvgIpc) is 3.41. The normalized spacial score (nSPS) is 22.7. The average molecular weight is 526 g/mol. The maximum absolute atomic E-state index is 13.2. The molecule has 2 N–H and O–H groups in total. The molecule has 4 aromatic rings. The standard InChI is InChI=1S/C32H35N3O4/c33-31(37)32(39-30(36)26-11-17-34-28-7-3-1-5-24(26)28)15-9-22(10-16-32)12-18-35-19-13-23(14-20-35)27-21-38-29-8-4-2-6-25(27)29/h1-8,11,17,21-23H,9-10,12-16,18-20H2,(H2,33,37). The zero-order valence-electron chi connectivity index (χ0n) is 22.2. The van der Waals surface area contributed by atoms with Crippen molar-refractivity contribution in [1.29, 1.82) is 0 Å². The molecule has 0 atom stereocenters. The second-order valence-corrected chi connectivity index (χ2v) is 11.2. The van der Waals surface area contributed by atoms with E-state index in [1.165, 1.54) is 10.9 Å². The highest BCUT2D eigenvalue weighted by molar-refractivity contribution is 6.04. The van der Waals surface area contributed by atoms with Crippen LogP contribution in [0.4, 0.5) is 0 Å². The van der Waals surface area contributed by atoms with Gasteiger partial charge >= 0.3 is 5.97 Å². The summed E-state index contributed by atoms with van der Waals surface area (Å²) >= 11 is 0. The number of carbonyl (C=O) groups is 2. The summed E-state index contributed by atoms with van der Waals surface area (Å²) < 4.78 is 11.7. The molecule has 0 radical (unpaired) electrons. The number of para-hydroxylation sites is 2. The van der Waals surface area contributed by atoms with Crippen molar-refractivity contribution in [2.45, 2.75) is 56.5 Å². The minimum atomic E-state index is -1.25. The number of fused-ring (bicyclic) bond motifs is 2. The molecule has 0 unspecified atom stereocenters. The molecule has 1 aliphatic heterocycles. The predicted molar refractivity (Wildman–Crippen MR) is 150 cm³/mol. The van der Waals surface area contributed by atoms with Gasteiger partial charge in [0.2, 0.25) is 0 Å². The van der Waals surface area contributed by atoms with Crippen molar-refractivity contribution in [2.24, 2.45) is 11.7 Å². The molecule has 3 heterocycles. The number of nitrogens with zero attached hydrogens (tertiary/aromatic N) is 2. The van der Waals surface area contributed by atoms with Crippen LogP contribution < -0.4 is 5.73 Å². The Bertz CT molecular complexity index is 1470. The van der Waals surface area contributed by atoms with Gasteiger partial charge < -0.3 is 19.8 Å². The number of primary amides is 1. The van der Waals surface area contributed by atoms with Crippen LogP contribution in [0.5, 0.6) is 0 Å². The summed E-state index contributed by atoms with van der Waals surface area (Å²) in [5.41, 5.74) is 8.02. The number of furan rings is 1. The molecule has 2 aliphatic rings. The Kier molecular flexibility index (Phi) is 7.09. The van der Waals surface area contributed by atoms with Gasteiger partial charge in [0.15, 0.2) is 5.60 Å².